The second-order valence-electron chi connectivity index (χ2n) is 15.1. The fourth-order valence-corrected chi connectivity index (χ4v) is 9.16. The molecule has 2 N–H and O–H groups in total. The average molecular weight is 793 g/mol. The first-order valence-electron chi connectivity index (χ1n) is 20.3. The van der Waals surface area contributed by atoms with Crippen LogP contribution < -0.4 is 15.1 Å². The van der Waals surface area contributed by atoms with Gasteiger partial charge in [-0.05, 0) is 68.5 Å². The Labute approximate surface area is 341 Å². The summed E-state index contributed by atoms with van der Waals surface area (Å²) in [5.41, 5.74) is 1.50. The second-order valence-corrected chi connectivity index (χ2v) is 15.1. The van der Waals surface area contributed by atoms with E-state index in [0.29, 0.717) is 36.1 Å². The fourth-order valence-electron chi connectivity index (χ4n) is 9.16. The second kappa shape index (κ2) is 19.0. The van der Waals surface area contributed by atoms with E-state index in [2.05, 4.69) is 37.2 Å². The van der Waals surface area contributed by atoms with Crippen molar-refractivity contribution in [3.8, 4) is 0 Å². The number of esters is 1. The molecule has 0 aliphatic carbocycles. The molecule has 3 aromatic rings. The summed E-state index contributed by atoms with van der Waals surface area (Å²) in [6.45, 7) is 13.2. The van der Waals surface area contributed by atoms with Crippen molar-refractivity contribution in [2.75, 3.05) is 49.8 Å². The molecule has 12 nitrogen and oxygen atoms in total. The number of benzene rings is 3. The largest absolute Gasteiger partial charge is 0.455 e. The number of anilines is 2. The summed E-state index contributed by atoms with van der Waals surface area (Å²) in [4.78, 5) is 63.5. The van der Waals surface area contributed by atoms with Gasteiger partial charge in [-0.15, -0.1) is 13.2 Å². The lowest BCUT2D eigenvalue weighted by atomic mass is 9.70. The van der Waals surface area contributed by atoms with Crippen molar-refractivity contribution in [3.05, 3.63) is 121 Å². The van der Waals surface area contributed by atoms with E-state index in [1.807, 2.05) is 72.8 Å². The minimum atomic E-state index is -1.39. The van der Waals surface area contributed by atoms with Crippen LogP contribution in [0.1, 0.15) is 62.8 Å². The molecule has 3 heterocycles. The molecule has 3 aliphatic rings. The highest BCUT2D eigenvalue weighted by atomic mass is 16.6. The number of carbonyl (C=O) groups is 4. The van der Waals surface area contributed by atoms with Gasteiger partial charge in [0.1, 0.15) is 17.7 Å². The molecule has 308 valence electrons. The number of carbonyl (C=O) groups excluding carboxylic acids is 4. The minimum Gasteiger partial charge on any atom is -0.455 e. The molecule has 3 saturated heterocycles. The summed E-state index contributed by atoms with van der Waals surface area (Å²) in [5.74, 6) is -3.96. The molecule has 3 aliphatic heterocycles. The molecule has 6 rings (SSSR count). The maximum Gasteiger partial charge on any atom is 0.313 e. The number of allylic oxidation sites excluding steroid dienone is 1. The van der Waals surface area contributed by atoms with Gasteiger partial charge in [0.15, 0.2) is 0 Å². The standard InChI is InChI=1S/C46H56N4O8/c1-6-10-21-38(52)47-35(30-56-5)41(32-19-15-12-16-20-32)57-45(55)39-37-26-27-46(58-37)40(39)43(53)50(36(29-51)31-17-13-11-14-18-31)42(46)44(54)49(28-7-2)34-24-22-33(23-25-34)48(8-3)9-4/h6-7,11-20,22-25,35-37,39-42,51H,1-2,8-10,21,26-30H2,3-5H3,(H,47,52)/t35-,36+,37+,39-,40-,41-,42+,46-/m0/s1. The lowest BCUT2D eigenvalue weighted by molar-refractivity contribution is -0.163. The van der Waals surface area contributed by atoms with E-state index in [4.69, 9.17) is 14.2 Å². The highest BCUT2D eigenvalue weighted by Gasteiger charge is 2.76. The van der Waals surface area contributed by atoms with Crippen LogP contribution in [-0.2, 0) is 33.4 Å². The minimum absolute atomic E-state index is 0.0399. The van der Waals surface area contributed by atoms with E-state index >= 15 is 9.59 Å². The number of nitrogens with zero attached hydrogens (tertiary/aromatic N) is 3. The van der Waals surface area contributed by atoms with Crippen LogP contribution in [0, 0.1) is 11.8 Å². The first-order chi connectivity index (χ1) is 28.2. The molecule has 0 radical (unpaired) electrons. The highest BCUT2D eigenvalue weighted by molar-refractivity contribution is 6.05. The third-order valence-electron chi connectivity index (χ3n) is 11.8. The lowest BCUT2D eigenvalue weighted by Gasteiger charge is -2.39. The number of aliphatic hydroxyl groups is 1. The van der Waals surface area contributed by atoms with Gasteiger partial charge in [0.25, 0.3) is 5.91 Å². The van der Waals surface area contributed by atoms with Crippen molar-refractivity contribution < 1.29 is 38.5 Å². The van der Waals surface area contributed by atoms with Gasteiger partial charge >= 0.3 is 5.97 Å². The van der Waals surface area contributed by atoms with Crippen LogP contribution in [0.25, 0.3) is 0 Å². The lowest BCUT2D eigenvalue weighted by Crippen LogP contribution is -2.57. The highest BCUT2D eigenvalue weighted by Crippen LogP contribution is 2.60. The molecule has 12 heteroatoms. The maximum absolute atomic E-state index is 15.3. The zero-order chi connectivity index (χ0) is 41.4. The van der Waals surface area contributed by atoms with Crippen molar-refractivity contribution in [1.82, 2.24) is 10.2 Å². The van der Waals surface area contributed by atoms with Crippen LogP contribution in [-0.4, -0.2) is 97.4 Å². The summed E-state index contributed by atoms with van der Waals surface area (Å²) >= 11 is 0. The number of amides is 3. The molecule has 2 bridgehead atoms. The van der Waals surface area contributed by atoms with E-state index in [1.165, 1.54) is 12.0 Å². The van der Waals surface area contributed by atoms with Crippen molar-refractivity contribution in [2.24, 2.45) is 11.8 Å². The van der Waals surface area contributed by atoms with Gasteiger partial charge < -0.3 is 39.3 Å². The zero-order valence-electron chi connectivity index (χ0n) is 33.7. The van der Waals surface area contributed by atoms with Crippen LogP contribution in [0.4, 0.5) is 11.4 Å². The number of fused-ring (bicyclic) bond motifs is 1. The van der Waals surface area contributed by atoms with E-state index in [-0.39, 0.29) is 25.5 Å². The molecule has 1 spiro atoms. The average Bonchev–Trinajstić information content (AvgIpc) is 3.90. The first-order valence-corrected chi connectivity index (χ1v) is 20.3. The number of hydrogen-bond acceptors (Lipinski definition) is 9. The number of methoxy groups -OCH3 is 1. The number of ether oxygens (including phenoxy) is 3. The van der Waals surface area contributed by atoms with Crippen molar-refractivity contribution in [1.29, 1.82) is 0 Å². The van der Waals surface area contributed by atoms with Gasteiger partial charge in [-0.3, -0.25) is 19.2 Å². The van der Waals surface area contributed by atoms with E-state index < -0.39 is 72.2 Å². The van der Waals surface area contributed by atoms with Crippen LogP contribution in [0.2, 0.25) is 0 Å². The smallest absolute Gasteiger partial charge is 0.313 e. The summed E-state index contributed by atoms with van der Waals surface area (Å²) < 4.78 is 18.7. The summed E-state index contributed by atoms with van der Waals surface area (Å²) in [6, 6.07) is 23.0. The molecule has 0 saturated carbocycles. The van der Waals surface area contributed by atoms with Gasteiger partial charge in [0.2, 0.25) is 11.8 Å². The van der Waals surface area contributed by atoms with Crippen molar-refractivity contribution >= 4 is 35.1 Å². The SMILES string of the molecule is C=CCCC(=O)N[C@@H](COC)[C@@H](OC(=O)[C@@H]1[C@H]2C(=O)N([C@H](CO)c3ccccc3)[C@H](C(=O)N(CC=C)c3ccc(N(CC)CC)cc3)[C@]23CC[C@H]1O3)c1ccccc1. The fraction of sp³-hybridized carbons (Fsp3) is 0.435. The van der Waals surface area contributed by atoms with Gasteiger partial charge in [0, 0.05) is 44.5 Å². The number of hydrogen-bond donors (Lipinski definition) is 2. The Morgan fingerprint density at radius 3 is 2.19 bits per heavy atom. The van der Waals surface area contributed by atoms with Gasteiger partial charge in [0.05, 0.1) is 43.2 Å². The van der Waals surface area contributed by atoms with Crippen molar-refractivity contribution in [2.45, 2.75) is 75.5 Å². The van der Waals surface area contributed by atoms with Gasteiger partial charge in [-0.2, -0.15) is 0 Å². The topological polar surface area (TPSA) is 138 Å². The van der Waals surface area contributed by atoms with E-state index in [9.17, 15) is 14.7 Å². The predicted octanol–water partition coefficient (Wildman–Crippen LogP) is 5.54. The number of rotatable bonds is 20. The zero-order valence-corrected chi connectivity index (χ0v) is 33.7. The molecule has 58 heavy (non-hydrogen) atoms. The van der Waals surface area contributed by atoms with Gasteiger partial charge in [-0.1, -0.05) is 72.8 Å². The number of nitrogens with one attached hydrogen (secondary N) is 1. The van der Waals surface area contributed by atoms with Crippen molar-refractivity contribution in [3.63, 3.8) is 0 Å². The van der Waals surface area contributed by atoms with Gasteiger partial charge in [-0.25, -0.2) is 0 Å². The molecule has 0 aromatic heterocycles. The molecule has 0 unspecified atom stereocenters. The maximum atomic E-state index is 15.3. The molecule has 3 amide bonds. The van der Waals surface area contributed by atoms with Crippen LogP contribution in [0.3, 0.4) is 0 Å². The normalized spacial score (nSPS) is 23.4. The van der Waals surface area contributed by atoms with E-state index in [0.717, 1.165) is 18.8 Å². The molecule has 8 atom stereocenters. The Hall–Kier alpha value is -5.30. The van der Waals surface area contributed by atoms with Crippen LogP contribution in [0.5, 0.6) is 0 Å². The quantitative estimate of drug-likeness (QED) is 0.112. The van der Waals surface area contributed by atoms with Crippen LogP contribution >= 0.6 is 0 Å². The van der Waals surface area contributed by atoms with Crippen LogP contribution in [0.15, 0.2) is 110 Å². The number of likely N-dealkylation sites (tertiary alicyclic amines) is 1. The molecule has 3 aromatic carbocycles. The summed E-state index contributed by atoms with van der Waals surface area (Å²) in [5, 5.41) is 14.0. The first kappa shape index (κ1) is 42.3. The molecule has 3 fully saturated rings. The Morgan fingerprint density at radius 1 is 0.966 bits per heavy atom. The summed E-state index contributed by atoms with van der Waals surface area (Å²) in [6.07, 6.45) is 3.02. The van der Waals surface area contributed by atoms with E-state index in [1.54, 1.807) is 29.2 Å². The Bertz CT molecular complexity index is 1910. The third kappa shape index (κ3) is 8.18. The predicted molar refractivity (Wildman–Crippen MR) is 222 cm³/mol. The third-order valence-corrected chi connectivity index (χ3v) is 11.8. The Morgan fingerprint density at radius 2 is 1.60 bits per heavy atom. The molecular formula is C46H56N4O8. The Kier molecular flexibility index (Phi) is 13.8. The summed E-state index contributed by atoms with van der Waals surface area (Å²) in [7, 11) is 1.50. The number of aliphatic hydroxyl groups excluding tert-OH is 1. The Balaban J connectivity index is 1.40. The molecular weight excluding hydrogens is 737 g/mol. The monoisotopic (exact) mass is 792 g/mol.